The Morgan fingerprint density at radius 3 is 2.80 bits per heavy atom. The molecule has 1 atom stereocenters. The van der Waals surface area contributed by atoms with Crippen LogP contribution in [0.3, 0.4) is 0 Å². The van der Waals surface area contributed by atoms with Crippen molar-refractivity contribution in [1.82, 2.24) is 15.0 Å². The fourth-order valence-corrected chi connectivity index (χ4v) is 4.92. The molecule has 7 nitrogen and oxygen atoms in total. The summed E-state index contributed by atoms with van der Waals surface area (Å²) < 4.78 is 27.6. The molecule has 156 valence electrons. The van der Waals surface area contributed by atoms with E-state index in [2.05, 4.69) is 21.1 Å². The van der Waals surface area contributed by atoms with Crippen LogP contribution in [-0.4, -0.2) is 25.9 Å². The van der Waals surface area contributed by atoms with Crippen molar-refractivity contribution in [3.05, 3.63) is 76.1 Å². The van der Waals surface area contributed by atoms with Gasteiger partial charge < -0.3 is 10.3 Å². The second kappa shape index (κ2) is 8.41. The maximum absolute atomic E-state index is 12.6. The summed E-state index contributed by atoms with van der Waals surface area (Å²) in [6.07, 6.45) is 2.97. The van der Waals surface area contributed by atoms with E-state index in [0.29, 0.717) is 10.9 Å². The normalized spacial score (nSPS) is 16.2. The van der Waals surface area contributed by atoms with Gasteiger partial charge in [0, 0.05) is 24.5 Å². The molecule has 0 spiro atoms. The van der Waals surface area contributed by atoms with E-state index in [4.69, 9.17) is 0 Å². The first kappa shape index (κ1) is 20.3. The van der Waals surface area contributed by atoms with E-state index >= 15 is 0 Å². The quantitative estimate of drug-likeness (QED) is 0.563. The topological polar surface area (TPSA) is 108 Å². The minimum atomic E-state index is -3.76. The second-order valence-corrected chi connectivity index (χ2v) is 9.20. The van der Waals surface area contributed by atoms with E-state index in [1.54, 1.807) is 12.1 Å². The first-order chi connectivity index (χ1) is 14.4. The zero-order valence-corrected chi connectivity index (χ0v) is 17.2. The van der Waals surface area contributed by atoms with Crippen molar-refractivity contribution in [2.24, 2.45) is 0 Å². The van der Waals surface area contributed by atoms with Crippen molar-refractivity contribution in [2.75, 3.05) is 6.54 Å². The van der Waals surface area contributed by atoms with Gasteiger partial charge in [0.2, 0.25) is 21.5 Å². The number of benzene rings is 2. The highest BCUT2D eigenvalue weighted by Gasteiger charge is 2.21. The van der Waals surface area contributed by atoms with Gasteiger partial charge in [0.05, 0.1) is 10.9 Å². The Bertz CT molecular complexity index is 1250. The van der Waals surface area contributed by atoms with Gasteiger partial charge in [-0.25, -0.2) is 13.1 Å². The Labute approximate surface area is 174 Å². The summed E-state index contributed by atoms with van der Waals surface area (Å²) in [7, 11) is -3.76. The lowest BCUT2D eigenvalue weighted by atomic mass is 9.88. The van der Waals surface area contributed by atoms with Crippen LogP contribution in [0.4, 0.5) is 0 Å². The largest absolute Gasteiger partial charge is 0.349 e. The predicted octanol–water partition coefficient (Wildman–Crippen LogP) is 2.39. The number of amides is 1. The summed E-state index contributed by atoms with van der Waals surface area (Å²) in [5.41, 5.74) is 2.72. The number of hydrogen-bond donors (Lipinski definition) is 3. The van der Waals surface area contributed by atoms with Crippen LogP contribution in [0, 0.1) is 0 Å². The number of nitrogens with one attached hydrogen (secondary N) is 3. The second-order valence-electron chi connectivity index (χ2n) is 7.43. The summed E-state index contributed by atoms with van der Waals surface area (Å²) in [6, 6.07) is 15.5. The van der Waals surface area contributed by atoms with E-state index in [0.717, 1.165) is 24.8 Å². The zero-order valence-electron chi connectivity index (χ0n) is 16.4. The van der Waals surface area contributed by atoms with Gasteiger partial charge in [-0.05, 0) is 60.0 Å². The molecule has 8 heteroatoms. The third kappa shape index (κ3) is 4.44. The summed E-state index contributed by atoms with van der Waals surface area (Å²) in [5, 5.41) is 3.64. The molecule has 0 saturated heterocycles. The third-order valence-electron chi connectivity index (χ3n) is 5.35. The van der Waals surface area contributed by atoms with Crippen molar-refractivity contribution in [1.29, 1.82) is 0 Å². The Morgan fingerprint density at radius 2 is 1.93 bits per heavy atom. The minimum Gasteiger partial charge on any atom is -0.349 e. The van der Waals surface area contributed by atoms with Crippen LogP contribution in [0.25, 0.3) is 10.9 Å². The lowest BCUT2D eigenvalue weighted by molar-refractivity contribution is -0.121. The molecule has 30 heavy (non-hydrogen) atoms. The SMILES string of the molecule is O=C(CCNS(=O)(=O)c1ccc2[nH]c(=O)ccc2c1)N[C@H]1CCCc2ccccc21. The van der Waals surface area contributed by atoms with Gasteiger partial charge in [-0.2, -0.15) is 0 Å². The van der Waals surface area contributed by atoms with Crippen LogP contribution in [0.5, 0.6) is 0 Å². The molecule has 0 saturated carbocycles. The number of aromatic nitrogens is 1. The van der Waals surface area contributed by atoms with Gasteiger partial charge in [-0.3, -0.25) is 9.59 Å². The molecule has 1 amide bonds. The van der Waals surface area contributed by atoms with Crippen molar-refractivity contribution in [3.63, 3.8) is 0 Å². The molecule has 0 unspecified atom stereocenters. The van der Waals surface area contributed by atoms with Gasteiger partial charge in [-0.15, -0.1) is 0 Å². The first-order valence-corrected chi connectivity index (χ1v) is 11.4. The van der Waals surface area contributed by atoms with Crippen molar-refractivity contribution < 1.29 is 13.2 Å². The fourth-order valence-electron chi connectivity index (χ4n) is 3.85. The van der Waals surface area contributed by atoms with E-state index < -0.39 is 10.0 Å². The third-order valence-corrected chi connectivity index (χ3v) is 6.81. The highest BCUT2D eigenvalue weighted by Crippen LogP contribution is 2.29. The number of rotatable bonds is 6. The molecule has 1 aliphatic carbocycles. The Kier molecular flexibility index (Phi) is 5.69. The molecule has 2 aromatic carbocycles. The maximum atomic E-state index is 12.6. The molecular weight excluding hydrogens is 402 g/mol. The standard InChI is InChI=1S/C22H23N3O4S/c26-21-11-8-16-14-17(9-10-19(16)24-21)30(28,29)23-13-12-22(27)25-20-7-3-5-15-4-1-2-6-18(15)20/h1-2,4,6,8-11,14,20,23H,3,5,7,12-13H2,(H,24,26)(H,25,27)/t20-/m0/s1. The van der Waals surface area contributed by atoms with E-state index in [-0.39, 0.29) is 35.4 Å². The van der Waals surface area contributed by atoms with Crippen LogP contribution in [0.2, 0.25) is 0 Å². The van der Waals surface area contributed by atoms with E-state index in [1.807, 2.05) is 18.2 Å². The molecule has 0 aliphatic heterocycles. The van der Waals surface area contributed by atoms with Gasteiger partial charge in [0.1, 0.15) is 0 Å². The number of carbonyl (C=O) groups is 1. The Morgan fingerprint density at radius 1 is 1.10 bits per heavy atom. The number of sulfonamides is 1. The van der Waals surface area contributed by atoms with Crippen molar-refractivity contribution >= 4 is 26.8 Å². The van der Waals surface area contributed by atoms with E-state index in [1.165, 1.54) is 23.8 Å². The molecule has 1 heterocycles. The monoisotopic (exact) mass is 425 g/mol. The van der Waals surface area contributed by atoms with Gasteiger partial charge >= 0.3 is 0 Å². The molecule has 0 bridgehead atoms. The van der Waals surface area contributed by atoms with Crippen molar-refractivity contribution in [2.45, 2.75) is 36.6 Å². The van der Waals surface area contributed by atoms with Crippen LogP contribution in [0.1, 0.15) is 36.4 Å². The zero-order chi connectivity index (χ0) is 21.1. The van der Waals surface area contributed by atoms with Crippen LogP contribution >= 0.6 is 0 Å². The van der Waals surface area contributed by atoms with Crippen LogP contribution in [0.15, 0.2) is 64.3 Å². The maximum Gasteiger partial charge on any atom is 0.248 e. The number of carbonyl (C=O) groups excluding carboxylic acids is 1. The highest BCUT2D eigenvalue weighted by atomic mass is 32.2. The van der Waals surface area contributed by atoms with Gasteiger partial charge in [-0.1, -0.05) is 24.3 Å². The van der Waals surface area contributed by atoms with Gasteiger partial charge in [0.15, 0.2) is 0 Å². The number of aromatic amines is 1. The number of aryl methyl sites for hydroxylation is 1. The average molecular weight is 426 g/mol. The Balaban J connectivity index is 1.36. The lowest BCUT2D eigenvalue weighted by Crippen LogP contribution is -2.34. The summed E-state index contributed by atoms with van der Waals surface area (Å²) in [5.74, 6) is -0.185. The molecule has 1 aromatic heterocycles. The number of hydrogen-bond acceptors (Lipinski definition) is 4. The highest BCUT2D eigenvalue weighted by molar-refractivity contribution is 7.89. The number of pyridine rings is 1. The molecule has 0 fully saturated rings. The van der Waals surface area contributed by atoms with E-state index in [9.17, 15) is 18.0 Å². The molecule has 4 rings (SSSR count). The smallest absolute Gasteiger partial charge is 0.248 e. The summed E-state index contributed by atoms with van der Waals surface area (Å²) >= 11 is 0. The molecule has 3 aromatic rings. The molecule has 3 N–H and O–H groups in total. The summed E-state index contributed by atoms with van der Waals surface area (Å²) in [4.78, 5) is 26.5. The summed E-state index contributed by atoms with van der Waals surface area (Å²) in [6.45, 7) is 0.00614. The first-order valence-electron chi connectivity index (χ1n) is 9.92. The molecule has 0 radical (unpaired) electrons. The molecule has 1 aliphatic rings. The average Bonchev–Trinajstić information content (AvgIpc) is 2.73. The number of fused-ring (bicyclic) bond motifs is 2. The van der Waals surface area contributed by atoms with Crippen LogP contribution in [-0.2, 0) is 21.2 Å². The predicted molar refractivity (Wildman–Crippen MR) is 115 cm³/mol. The minimum absolute atomic E-state index is 0.00614. The Hall–Kier alpha value is -2.97. The number of H-pyrrole nitrogens is 1. The van der Waals surface area contributed by atoms with Crippen molar-refractivity contribution in [3.8, 4) is 0 Å². The fraction of sp³-hybridized carbons (Fsp3) is 0.273. The van der Waals surface area contributed by atoms with Crippen LogP contribution < -0.4 is 15.6 Å². The van der Waals surface area contributed by atoms with Gasteiger partial charge in [0.25, 0.3) is 0 Å². The lowest BCUT2D eigenvalue weighted by Gasteiger charge is -2.26. The molecular formula is C22H23N3O4S.